The minimum absolute atomic E-state index is 0.284. The molecule has 0 N–H and O–H groups in total. The number of carbonyl (C=O) groups excluding carboxylic acids is 1. The monoisotopic (exact) mass is 481 g/mol. The second kappa shape index (κ2) is 8.39. The molecule has 4 rings (SSSR count). The first-order valence-corrected chi connectivity index (χ1v) is 9.80. The molecule has 0 amide bonds. The Morgan fingerprint density at radius 1 is 0.964 bits per heavy atom. The zero-order valence-corrected chi connectivity index (χ0v) is 17.0. The molecule has 0 spiro atoms. The van der Waals surface area contributed by atoms with Crippen molar-refractivity contribution in [1.82, 2.24) is 0 Å². The predicted octanol–water partition coefficient (Wildman–Crippen LogP) is 5.21. The highest BCUT2D eigenvalue weighted by Gasteiger charge is 2.23. The molecule has 3 aromatic carbocycles. The lowest BCUT2D eigenvalue weighted by Crippen LogP contribution is -2.04. The molecule has 0 radical (unpaired) electrons. The third-order valence-corrected chi connectivity index (χ3v) is 4.79. The maximum absolute atomic E-state index is 12.1. The average molecular weight is 481 g/mol. The number of aliphatic imine (C=N–C) groups is 1. The molecule has 0 aliphatic carbocycles. The Morgan fingerprint density at radius 3 is 2.50 bits per heavy atom. The van der Waals surface area contributed by atoms with Crippen molar-refractivity contribution < 1.29 is 14.3 Å². The smallest absolute Gasteiger partial charge is 0.363 e. The molecule has 0 atom stereocenters. The average Bonchev–Trinajstić information content (AvgIpc) is 3.09. The fourth-order valence-corrected chi connectivity index (χ4v) is 3.33. The van der Waals surface area contributed by atoms with Gasteiger partial charge in [-0.3, -0.25) is 0 Å². The molecule has 1 aliphatic heterocycles. The van der Waals surface area contributed by atoms with E-state index in [1.807, 2.05) is 72.8 Å². The number of cyclic esters (lactones) is 1. The number of esters is 1. The third-order valence-electron chi connectivity index (χ3n) is 4.12. The number of ether oxygens (including phenoxy) is 2. The summed E-state index contributed by atoms with van der Waals surface area (Å²) in [5.41, 5.74) is 3.03. The second-order valence-corrected chi connectivity index (χ2v) is 7.44. The fourth-order valence-electron chi connectivity index (χ4n) is 2.72. The molecule has 0 saturated heterocycles. The van der Waals surface area contributed by atoms with Crippen molar-refractivity contribution in [3.05, 3.63) is 105 Å². The topological polar surface area (TPSA) is 47.9 Å². The van der Waals surface area contributed by atoms with E-state index in [4.69, 9.17) is 9.47 Å². The van der Waals surface area contributed by atoms with Crippen LogP contribution in [0.25, 0.3) is 6.08 Å². The maximum Gasteiger partial charge on any atom is 0.363 e. The van der Waals surface area contributed by atoms with E-state index in [9.17, 15) is 4.79 Å². The third kappa shape index (κ3) is 4.48. The Labute approximate surface area is 176 Å². The lowest BCUT2D eigenvalue weighted by atomic mass is 10.2. The molecular formula is C23H16INO3. The molecule has 0 unspecified atom stereocenters. The van der Waals surface area contributed by atoms with Crippen LogP contribution in [-0.2, 0) is 16.1 Å². The van der Waals surface area contributed by atoms with E-state index in [-0.39, 0.29) is 5.70 Å². The number of hydrogen-bond donors (Lipinski definition) is 0. The van der Waals surface area contributed by atoms with Crippen LogP contribution in [0.3, 0.4) is 0 Å². The Kier molecular flexibility index (Phi) is 5.53. The summed E-state index contributed by atoms with van der Waals surface area (Å²) in [5.74, 6) is 0.649. The molecule has 4 nitrogen and oxygen atoms in total. The maximum atomic E-state index is 12.1. The Hall–Kier alpha value is -2.93. The Balaban J connectivity index is 1.45. The summed E-state index contributed by atoms with van der Waals surface area (Å²) in [5, 5.41) is 0. The molecule has 28 heavy (non-hydrogen) atoms. The van der Waals surface area contributed by atoms with E-state index in [0.717, 1.165) is 22.4 Å². The van der Waals surface area contributed by atoms with Gasteiger partial charge in [0.1, 0.15) is 12.4 Å². The summed E-state index contributed by atoms with van der Waals surface area (Å²) in [6.07, 6.45) is 1.71. The molecule has 3 aromatic rings. The first-order chi connectivity index (χ1) is 13.7. The molecular weight excluding hydrogens is 465 g/mol. The minimum atomic E-state index is -0.446. The van der Waals surface area contributed by atoms with E-state index in [2.05, 4.69) is 33.6 Å². The van der Waals surface area contributed by atoms with Crippen molar-refractivity contribution >= 4 is 40.5 Å². The van der Waals surface area contributed by atoms with Crippen LogP contribution in [0.1, 0.15) is 16.7 Å². The van der Waals surface area contributed by atoms with Gasteiger partial charge >= 0.3 is 5.97 Å². The molecule has 1 aliphatic rings. The van der Waals surface area contributed by atoms with Crippen LogP contribution in [0, 0.1) is 3.57 Å². The van der Waals surface area contributed by atoms with Crippen LogP contribution in [0.5, 0.6) is 5.75 Å². The molecule has 1 heterocycles. The van der Waals surface area contributed by atoms with Gasteiger partial charge in [-0.15, -0.1) is 0 Å². The van der Waals surface area contributed by atoms with E-state index in [1.54, 1.807) is 6.08 Å². The number of rotatable bonds is 5. The molecule has 0 saturated carbocycles. The van der Waals surface area contributed by atoms with Crippen LogP contribution < -0.4 is 4.74 Å². The van der Waals surface area contributed by atoms with Crippen molar-refractivity contribution in [3.63, 3.8) is 0 Å². The second-order valence-electron chi connectivity index (χ2n) is 6.19. The van der Waals surface area contributed by atoms with Crippen LogP contribution in [0.4, 0.5) is 0 Å². The fraction of sp³-hybridized carbons (Fsp3) is 0.0435. The van der Waals surface area contributed by atoms with Crippen molar-refractivity contribution in [2.24, 2.45) is 4.99 Å². The zero-order chi connectivity index (χ0) is 19.3. The minimum Gasteiger partial charge on any atom is -0.489 e. The summed E-state index contributed by atoms with van der Waals surface area (Å²) >= 11 is 2.28. The van der Waals surface area contributed by atoms with Gasteiger partial charge in [-0.1, -0.05) is 42.5 Å². The van der Waals surface area contributed by atoms with E-state index < -0.39 is 5.97 Å². The number of nitrogens with zero attached hydrogens (tertiary/aromatic N) is 1. The van der Waals surface area contributed by atoms with E-state index in [0.29, 0.717) is 12.5 Å². The molecule has 5 heteroatoms. The molecule has 0 aromatic heterocycles. The first kappa shape index (κ1) is 18.4. The lowest BCUT2D eigenvalue weighted by molar-refractivity contribution is -0.129. The standard InChI is InChI=1S/C23H16INO3/c24-19-8-4-5-17(13-19)15-27-20-11-9-16(10-12-20)14-21-23(26)28-22(25-21)18-6-2-1-3-7-18/h1-14H,15H2/b21-14-. The van der Waals surface area contributed by atoms with Gasteiger partial charge in [0.25, 0.3) is 0 Å². The van der Waals surface area contributed by atoms with Gasteiger partial charge in [0, 0.05) is 9.13 Å². The zero-order valence-electron chi connectivity index (χ0n) is 14.8. The Morgan fingerprint density at radius 2 is 1.75 bits per heavy atom. The quantitative estimate of drug-likeness (QED) is 0.286. The van der Waals surface area contributed by atoms with Crippen LogP contribution in [0.15, 0.2) is 89.6 Å². The summed E-state index contributed by atoms with van der Waals surface area (Å²) in [4.78, 5) is 16.4. The van der Waals surface area contributed by atoms with Gasteiger partial charge in [-0.25, -0.2) is 9.79 Å². The summed E-state index contributed by atoms with van der Waals surface area (Å²) in [6.45, 7) is 0.508. The van der Waals surface area contributed by atoms with Crippen molar-refractivity contribution in [1.29, 1.82) is 0 Å². The highest BCUT2D eigenvalue weighted by atomic mass is 127. The summed E-state index contributed by atoms with van der Waals surface area (Å²) in [7, 11) is 0. The summed E-state index contributed by atoms with van der Waals surface area (Å²) < 4.78 is 12.3. The molecule has 0 bridgehead atoms. The lowest BCUT2D eigenvalue weighted by Gasteiger charge is -2.07. The number of benzene rings is 3. The van der Waals surface area contributed by atoms with Crippen molar-refractivity contribution in [2.75, 3.05) is 0 Å². The van der Waals surface area contributed by atoms with Gasteiger partial charge in [-0.2, -0.15) is 0 Å². The van der Waals surface area contributed by atoms with Gasteiger partial charge in [0.15, 0.2) is 5.70 Å². The number of hydrogen-bond acceptors (Lipinski definition) is 4. The number of carbonyl (C=O) groups is 1. The van der Waals surface area contributed by atoms with E-state index in [1.165, 1.54) is 3.57 Å². The summed E-state index contributed by atoms with van der Waals surface area (Å²) in [6, 6.07) is 25.1. The largest absolute Gasteiger partial charge is 0.489 e. The van der Waals surface area contributed by atoms with Gasteiger partial charge in [0.05, 0.1) is 0 Å². The normalized spacial score (nSPS) is 14.7. The van der Waals surface area contributed by atoms with Crippen LogP contribution >= 0.6 is 22.6 Å². The Bertz CT molecular complexity index is 1060. The van der Waals surface area contributed by atoms with Crippen molar-refractivity contribution in [2.45, 2.75) is 6.61 Å². The van der Waals surface area contributed by atoms with Crippen molar-refractivity contribution in [3.8, 4) is 5.75 Å². The first-order valence-electron chi connectivity index (χ1n) is 8.73. The number of halogens is 1. The predicted molar refractivity (Wildman–Crippen MR) is 117 cm³/mol. The van der Waals surface area contributed by atoms with Gasteiger partial charge < -0.3 is 9.47 Å². The molecule has 138 valence electrons. The van der Waals surface area contributed by atoms with Crippen LogP contribution in [0.2, 0.25) is 0 Å². The van der Waals surface area contributed by atoms with Gasteiger partial charge in [-0.05, 0) is 76.2 Å². The molecule has 0 fully saturated rings. The SMILES string of the molecule is O=C1OC(c2ccccc2)=N/C1=C\c1ccc(OCc2cccc(I)c2)cc1. The van der Waals surface area contributed by atoms with Gasteiger partial charge in [0.2, 0.25) is 5.90 Å². The van der Waals surface area contributed by atoms with E-state index >= 15 is 0 Å². The highest BCUT2D eigenvalue weighted by molar-refractivity contribution is 14.1. The highest BCUT2D eigenvalue weighted by Crippen LogP contribution is 2.21. The van der Waals surface area contributed by atoms with Crippen LogP contribution in [-0.4, -0.2) is 11.9 Å².